The van der Waals surface area contributed by atoms with Gasteiger partial charge in [0.25, 0.3) is 0 Å². The largest absolute Gasteiger partial charge is 0.496 e. The molecule has 0 heterocycles. The molecular weight excluding hydrogens is 278 g/mol. The summed E-state index contributed by atoms with van der Waals surface area (Å²) in [6.45, 7) is 2.79. The lowest BCUT2D eigenvalue weighted by molar-refractivity contribution is 0.404. The number of ether oxygens (including phenoxy) is 1. The van der Waals surface area contributed by atoms with E-state index in [1.54, 1.807) is 7.11 Å². The number of halogens is 1. The smallest absolute Gasteiger partial charge is 0.123 e. The molecule has 1 aliphatic carbocycles. The van der Waals surface area contributed by atoms with Gasteiger partial charge in [-0.15, -0.1) is 0 Å². The first-order valence-corrected chi connectivity index (χ1v) is 6.97. The van der Waals surface area contributed by atoms with Gasteiger partial charge in [0.05, 0.1) is 7.11 Å². The highest BCUT2D eigenvalue weighted by molar-refractivity contribution is 9.10. The van der Waals surface area contributed by atoms with Crippen LogP contribution >= 0.6 is 15.9 Å². The van der Waals surface area contributed by atoms with E-state index in [0.29, 0.717) is 0 Å². The third-order valence-electron chi connectivity index (χ3n) is 4.08. The fourth-order valence-electron chi connectivity index (χ4n) is 2.83. The number of rotatable bonds is 3. The summed E-state index contributed by atoms with van der Waals surface area (Å²) in [5, 5.41) is 0. The fraction of sp³-hybridized carbons (Fsp3) is 0.571. The average molecular weight is 298 g/mol. The van der Waals surface area contributed by atoms with Crippen LogP contribution in [0.15, 0.2) is 16.6 Å². The summed E-state index contributed by atoms with van der Waals surface area (Å²) in [7, 11) is 1.72. The molecule has 1 aromatic carbocycles. The highest BCUT2D eigenvalue weighted by Crippen LogP contribution is 2.43. The normalized spacial score (nSPS) is 18.4. The van der Waals surface area contributed by atoms with Gasteiger partial charge in [0, 0.05) is 22.0 Å². The first-order chi connectivity index (χ1) is 8.13. The van der Waals surface area contributed by atoms with Crippen LogP contribution in [-0.2, 0) is 5.41 Å². The SMILES string of the molecule is COc1cc(C2(CN)CCCC2)cc(Br)c1C. The van der Waals surface area contributed by atoms with Crippen LogP contribution in [0.1, 0.15) is 36.8 Å². The molecule has 0 unspecified atom stereocenters. The number of hydrogen-bond donors (Lipinski definition) is 1. The Labute approximate surface area is 112 Å². The molecule has 3 heteroatoms. The van der Waals surface area contributed by atoms with E-state index >= 15 is 0 Å². The maximum absolute atomic E-state index is 6.02. The summed E-state index contributed by atoms with van der Waals surface area (Å²) in [6.07, 6.45) is 4.96. The molecule has 94 valence electrons. The van der Waals surface area contributed by atoms with Crippen molar-refractivity contribution in [3.8, 4) is 5.75 Å². The molecule has 0 spiro atoms. The van der Waals surface area contributed by atoms with Crippen LogP contribution in [0.2, 0.25) is 0 Å². The molecule has 17 heavy (non-hydrogen) atoms. The molecule has 0 amide bonds. The molecule has 0 aromatic heterocycles. The summed E-state index contributed by atoms with van der Waals surface area (Å²) in [4.78, 5) is 0. The van der Waals surface area contributed by atoms with Crippen molar-refractivity contribution in [2.45, 2.75) is 38.0 Å². The van der Waals surface area contributed by atoms with E-state index in [2.05, 4.69) is 35.0 Å². The van der Waals surface area contributed by atoms with Crippen LogP contribution < -0.4 is 10.5 Å². The van der Waals surface area contributed by atoms with Crippen LogP contribution in [0.4, 0.5) is 0 Å². The van der Waals surface area contributed by atoms with Crippen molar-refractivity contribution < 1.29 is 4.74 Å². The van der Waals surface area contributed by atoms with Crippen molar-refractivity contribution in [2.24, 2.45) is 5.73 Å². The topological polar surface area (TPSA) is 35.2 Å². The minimum absolute atomic E-state index is 0.170. The number of benzene rings is 1. The van der Waals surface area contributed by atoms with Crippen molar-refractivity contribution in [3.05, 3.63) is 27.7 Å². The lowest BCUT2D eigenvalue weighted by atomic mass is 9.78. The molecule has 1 aromatic rings. The van der Waals surface area contributed by atoms with Gasteiger partial charge in [-0.25, -0.2) is 0 Å². The lowest BCUT2D eigenvalue weighted by Gasteiger charge is -2.29. The lowest BCUT2D eigenvalue weighted by Crippen LogP contribution is -2.32. The molecule has 2 rings (SSSR count). The zero-order valence-electron chi connectivity index (χ0n) is 10.6. The van der Waals surface area contributed by atoms with Crippen molar-refractivity contribution in [3.63, 3.8) is 0 Å². The van der Waals surface area contributed by atoms with E-state index in [1.807, 2.05) is 0 Å². The molecule has 0 bridgehead atoms. The Bertz CT molecular complexity index is 411. The van der Waals surface area contributed by atoms with Gasteiger partial charge in [0.15, 0.2) is 0 Å². The summed E-state index contributed by atoms with van der Waals surface area (Å²) >= 11 is 3.62. The van der Waals surface area contributed by atoms with Crippen LogP contribution in [0.3, 0.4) is 0 Å². The van der Waals surface area contributed by atoms with E-state index in [9.17, 15) is 0 Å². The van der Waals surface area contributed by atoms with Crippen molar-refractivity contribution in [1.82, 2.24) is 0 Å². The third kappa shape index (κ3) is 2.23. The van der Waals surface area contributed by atoms with E-state index in [-0.39, 0.29) is 5.41 Å². The Balaban J connectivity index is 2.48. The van der Waals surface area contributed by atoms with Gasteiger partial charge in [-0.3, -0.25) is 0 Å². The predicted molar refractivity (Wildman–Crippen MR) is 74.6 cm³/mol. The minimum atomic E-state index is 0.170. The van der Waals surface area contributed by atoms with Crippen molar-refractivity contribution in [1.29, 1.82) is 0 Å². The Hall–Kier alpha value is -0.540. The Morgan fingerprint density at radius 3 is 2.53 bits per heavy atom. The van der Waals surface area contributed by atoms with Gasteiger partial charge in [0.2, 0.25) is 0 Å². The predicted octanol–water partition coefficient (Wildman–Crippen LogP) is 3.54. The molecule has 1 fully saturated rings. The molecule has 2 nitrogen and oxygen atoms in total. The third-order valence-corrected chi connectivity index (χ3v) is 4.90. The molecule has 1 saturated carbocycles. The van der Waals surface area contributed by atoms with Crippen LogP contribution in [-0.4, -0.2) is 13.7 Å². The molecule has 0 atom stereocenters. The molecule has 0 saturated heterocycles. The van der Waals surface area contributed by atoms with Gasteiger partial charge >= 0.3 is 0 Å². The average Bonchev–Trinajstić information content (AvgIpc) is 2.82. The number of methoxy groups -OCH3 is 1. The van der Waals surface area contributed by atoms with Gasteiger partial charge in [-0.1, -0.05) is 28.8 Å². The summed E-state index contributed by atoms with van der Waals surface area (Å²) in [6, 6.07) is 4.38. The summed E-state index contributed by atoms with van der Waals surface area (Å²) < 4.78 is 6.56. The van der Waals surface area contributed by atoms with Gasteiger partial charge < -0.3 is 10.5 Å². The monoisotopic (exact) mass is 297 g/mol. The molecule has 0 aliphatic heterocycles. The van der Waals surface area contributed by atoms with E-state index in [0.717, 1.165) is 22.3 Å². The zero-order valence-corrected chi connectivity index (χ0v) is 12.1. The first-order valence-electron chi connectivity index (χ1n) is 6.17. The molecule has 2 N–H and O–H groups in total. The minimum Gasteiger partial charge on any atom is -0.496 e. The fourth-order valence-corrected chi connectivity index (χ4v) is 3.28. The number of nitrogens with two attached hydrogens (primary N) is 1. The standard InChI is InChI=1S/C14H20BrNO/c1-10-12(15)7-11(8-13(10)17-2)14(9-16)5-3-4-6-14/h7-8H,3-6,9,16H2,1-2H3. The second-order valence-electron chi connectivity index (χ2n) is 4.98. The number of hydrogen-bond acceptors (Lipinski definition) is 2. The van der Waals surface area contributed by atoms with Crippen LogP contribution in [0, 0.1) is 6.92 Å². The van der Waals surface area contributed by atoms with Gasteiger partial charge in [-0.2, -0.15) is 0 Å². The molecule has 0 radical (unpaired) electrons. The zero-order chi connectivity index (χ0) is 12.5. The van der Waals surface area contributed by atoms with Gasteiger partial charge in [0.1, 0.15) is 5.75 Å². The second kappa shape index (κ2) is 4.99. The molecule has 1 aliphatic rings. The van der Waals surface area contributed by atoms with E-state index in [1.165, 1.54) is 31.2 Å². The summed E-state index contributed by atoms with van der Waals surface area (Å²) in [5.41, 5.74) is 8.67. The Kier molecular flexibility index (Phi) is 3.79. The van der Waals surface area contributed by atoms with Crippen molar-refractivity contribution >= 4 is 15.9 Å². The highest BCUT2D eigenvalue weighted by Gasteiger charge is 2.35. The molecular formula is C14H20BrNO. The van der Waals surface area contributed by atoms with Crippen LogP contribution in [0.5, 0.6) is 5.75 Å². The maximum Gasteiger partial charge on any atom is 0.123 e. The maximum atomic E-state index is 6.02. The quantitative estimate of drug-likeness (QED) is 0.926. The Morgan fingerprint density at radius 2 is 2.00 bits per heavy atom. The van der Waals surface area contributed by atoms with E-state index in [4.69, 9.17) is 10.5 Å². The second-order valence-corrected chi connectivity index (χ2v) is 5.83. The van der Waals surface area contributed by atoms with E-state index < -0.39 is 0 Å². The highest BCUT2D eigenvalue weighted by atomic mass is 79.9. The first kappa shape index (κ1) is 12.9. The summed E-state index contributed by atoms with van der Waals surface area (Å²) in [5.74, 6) is 0.953. The van der Waals surface area contributed by atoms with Gasteiger partial charge in [-0.05, 0) is 37.5 Å². The van der Waals surface area contributed by atoms with Crippen molar-refractivity contribution in [2.75, 3.05) is 13.7 Å². The Morgan fingerprint density at radius 1 is 1.35 bits per heavy atom. The van der Waals surface area contributed by atoms with Crippen LogP contribution in [0.25, 0.3) is 0 Å².